The van der Waals surface area contributed by atoms with Crippen LogP contribution in [0.15, 0.2) is 40.8 Å². The van der Waals surface area contributed by atoms with Gasteiger partial charge >= 0.3 is 5.97 Å². The predicted molar refractivity (Wildman–Crippen MR) is 79.5 cm³/mol. The molecule has 2 aromatic rings. The van der Waals surface area contributed by atoms with Crippen molar-refractivity contribution < 1.29 is 23.8 Å². The van der Waals surface area contributed by atoms with Crippen LogP contribution in [0.25, 0.3) is 11.3 Å². The number of esters is 1. The molecule has 0 fully saturated rings. The first-order chi connectivity index (χ1) is 10.6. The number of hydrogen-bond acceptors (Lipinski definition) is 5. The van der Waals surface area contributed by atoms with Crippen LogP contribution in [-0.4, -0.2) is 36.7 Å². The van der Waals surface area contributed by atoms with E-state index >= 15 is 0 Å². The number of benzene rings is 1. The number of aliphatic hydroxyl groups excluding tert-OH is 1. The Morgan fingerprint density at radius 2 is 2.05 bits per heavy atom. The van der Waals surface area contributed by atoms with Crippen LogP contribution >= 0.6 is 11.6 Å². The third-order valence-corrected chi connectivity index (χ3v) is 3.27. The number of nitrogens with one attached hydrogen (secondary N) is 1. The fourth-order valence-corrected chi connectivity index (χ4v) is 2.05. The third-order valence-electron chi connectivity index (χ3n) is 2.94. The second kappa shape index (κ2) is 7.11. The van der Waals surface area contributed by atoms with Gasteiger partial charge < -0.3 is 19.6 Å². The topological polar surface area (TPSA) is 88.8 Å². The van der Waals surface area contributed by atoms with Crippen LogP contribution < -0.4 is 5.32 Å². The lowest BCUT2D eigenvalue weighted by atomic mass is 10.2. The Balaban J connectivity index is 2.16. The highest BCUT2D eigenvalue weighted by molar-refractivity contribution is 6.33. The van der Waals surface area contributed by atoms with Crippen LogP contribution in [0.5, 0.6) is 0 Å². The molecular formula is C15H14ClNO5. The third kappa shape index (κ3) is 3.47. The number of ether oxygens (including phenoxy) is 1. The summed E-state index contributed by atoms with van der Waals surface area (Å²) in [7, 11) is 1.17. The van der Waals surface area contributed by atoms with Crippen LogP contribution in [0.1, 0.15) is 10.6 Å². The van der Waals surface area contributed by atoms with E-state index in [1.165, 1.54) is 13.2 Å². The van der Waals surface area contributed by atoms with Gasteiger partial charge in [-0.1, -0.05) is 23.7 Å². The van der Waals surface area contributed by atoms with Gasteiger partial charge in [-0.15, -0.1) is 0 Å². The van der Waals surface area contributed by atoms with Crippen molar-refractivity contribution in [2.24, 2.45) is 0 Å². The first-order valence-corrected chi connectivity index (χ1v) is 6.79. The first kappa shape index (κ1) is 16.1. The Bertz CT molecular complexity index is 682. The van der Waals surface area contributed by atoms with Crippen LogP contribution in [0.4, 0.5) is 0 Å². The fourth-order valence-electron chi connectivity index (χ4n) is 1.82. The molecule has 6 nitrogen and oxygen atoms in total. The molecule has 2 N–H and O–H groups in total. The second-order valence-electron chi connectivity index (χ2n) is 4.38. The Labute approximate surface area is 131 Å². The fraction of sp³-hybridized carbons (Fsp3) is 0.200. The molecule has 0 bridgehead atoms. The van der Waals surface area contributed by atoms with Crippen molar-refractivity contribution in [3.63, 3.8) is 0 Å². The van der Waals surface area contributed by atoms with E-state index in [1.54, 1.807) is 30.3 Å². The van der Waals surface area contributed by atoms with E-state index in [1.807, 2.05) is 0 Å². The molecule has 0 unspecified atom stereocenters. The van der Waals surface area contributed by atoms with Crippen molar-refractivity contribution >= 4 is 23.5 Å². The summed E-state index contributed by atoms with van der Waals surface area (Å²) in [6.45, 7) is -0.573. The average molecular weight is 324 g/mol. The van der Waals surface area contributed by atoms with Gasteiger partial charge in [0, 0.05) is 5.56 Å². The van der Waals surface area contributed by atoms with Gasteiger partial charge in [-0.2, -0.15) is 0 Å². The van der Waals surface area contributed by atoms with Gasteiger partial charge in [0.15, 0.2) is 11.8 Å². The lowest BCUT2D eigenvalue weighted by molar-refractivity contribution is -0.143. The minimum Gasteiger partial charge on any atom is -0.467 e. The lowest BCUT2D eigenvalue weighted by Crippen LogP contribution is -2.43. The minimum atomic E-state index is -1.15. The summed E-state index contributed by atoms with van der Waals surface area (Å²) >= 11 is 6.06. The maximum absolute atomic E-state index is 12.0. The maximum Gasteiger partial charge on any atom is 0.330 e. The zero-order valence-corrected chi connectivity index (χ0v) is 12.5. The van der Waals surface area contributed by atoms with Gasteiger partial charge in [-0.05, 0) is 24.3 Å². The van der Waals surface area contributed by atoms with Gasteiger partial charge in [0.05, 0.1) is 18.7 Å². The molecule has 0 radical (unpaired) electrons. The summed E-state index contributed by atoms with van der Waals surface area (Å²) in [6.07, 6.45) is 0. The highest BCUT2D eigenvalue weighted by Gasteiger charge is 2.23. The van der Waals surface area contributed by atoms with Gasteiger partial charge in [-0.25, -0.2) is 4.79 Å². The summed E-state index contributed by atoms with van der Waals surface area (Å²) in [6, 6.07) is 8.95. The molecule has 0 aliphatic heterocycles. The van der Waals surface area contributed by atoms with Crippen molar-refractivity contribution in [1.29, 1.82) is 0 Å². The summed E-state index contributed by atoms with van der Waals surface area (Å²) < 4.78 is 9.91. The number of carbonyl (C=O) groups is 2. The molecule has 0 aliphatic carbocycles. The summed E-state index contributed by atoms with van der Waals surface area (Å²) in [5.41, 5.74) is 0.648. The highest BCUT2D eigenvalue weighted by atomic mass is 35.5. The molecular weight excluding hydrogens is 310 g/mol. The molecule has 1 aromatic heterocycles. The van der Waals surface area contributed by atoms with Crippen LogP contribution in [-0.2, 0) is 9.53 Å². The van der Waals surface area contributed by atoms with E-state index in [4.69, 9.17) is 21.1 Å². The number of aliphatic hydroxyl groups is 1. The van der Waals surface area contributed by atoms with E-state index in [2.05, 4.69) is 10.1 Å². The van der Waals surface area contributed by atoms with Crippen molar-refractivity contribution in [3.8, 4) is 11.3 Å². The summed E-state index contributed by atoms with van der Waals surface area (Å²) in [5.74, 6) is -0.955. The molecule has 1 aromatic carbocycles. The lowest BCUT2D eigenvalue weighted by Gasteiger charge is -2.12. The predicted octanol–water partition coefficient (Wildman–Crippen LogP) is 1.86. The number of methoxy groups -OCH3 is 1. The minimum absolute atomic E-state index is 0.00253. The highest BCUT2D eigenvalue weighted by Crippen LogP contribution is 2.28. The van der Waals surface area contributed by atoms with E-state index in [-0.39, 0.29) is 5.76 Å². The Morgan fingerprint density at radius 3 is 2.68 bits per heavy atom. The van der Waals surface area contributed by atoms with Crippen LogP contribution in [0.2, 0.25) is 5.02 Å². The van der Waals surface area contributed by atoms with Crippen molar-refractivity contribution in [3.05, 3.63) is 47.2 Å². The maximum atomic E-state index is 12.0. The molecule has 116 valence electrons. The Kier molecular flexibility index (Phi) is 5.19. The normalized spacial score (nSPS) is 11.8. The molecule has 0 aliphatic rings. The molecule has 1 heterocycles. The molecule has 1 atom stereocenters. The van der Waals surface area contributed by atoms with Crippen molar-refractivity contribution in [2.45, 2.75) is 6.04 Å². The summed E-state index contributed by atoms with van der Waals surface area (Å²) in [4.78, 5) is 23.3. The number of carbonyl (C=O) groups excluding carboxylic acids is 2. The molecule has 7 heteroatoms. The number of furan rings is 1. The van der Waals surface area contributed by atoms with Crippen LogP contribution in [0, 0.1) is 0 Å². The monoisotopic (exact) mass is 323 g/mol. The van der Waals surface area contributed by atoms with E-state index < -0.39 is 24.5 Å². The molecule has 1 amide bonds. The number of hydrogen-bond donors (Lipinski definition) is 2. The van der Waals surface area contributed by atoms with Crippen molar-refractivity contribution in [2.75, 3.05) is 13.7 Å². The van der Waals surface area contributed by atoms with Gasteiger partial charge in [0.2, 0.25) is 0 Å². The standard InChI is InChI=1S/C15H14ClNO5/c1-21-15(20)11(8-18)17-14(19)13-7-6-12(22-13)9-4-2-3-5-10(9)16/h2-7,11,18H,8H2,1H3,(H,17,19)/t11-/m0/s1. The van der Waals surface area contributed by atoms with Gasteiger partial charge in [0.25, 0.3) is 5.91 Å². The molecule has 0 spiro atoms. The largest absolute Gasteiger partial charge is 0.467 e. The quantitative estimate of drug-likeness (QED) is 0.820. The number of rotatable bonds is 5. The summed E-state index contributed by atoms with van der Waals surface area (Å²) in [5, 5.41) is 11.9. The van der Waals surface area contributed by atoms with E-state index in [0.29, 0.717) is 16.3 Å². The molecule has 2 rings (SSSR count). The van der Waals surface area contributed by atoms with Gasteiger partial charge in [-0.3, -0.25) is 4.79 Å². The Hall–Kier alpha value is -2.31. The van der Waals surface area contributed by atoms with E-state index in [9.17, 15) is 9.59 Å². The zero-order valence-electron chi connectivity index (χ0n) is 11.7. The number of halogens is 1. The van der Waals surface area contributed by atoms with Gasteiger partial charge in [0.1, 0.15) is 5.76 Å². The molecule has 0 saturated carbocycles. The average Bonchev–Trinajstić information content (AvgIpc) is 3.02. The molecule has 0 saturated heterocycles. The number of amides is 1. The van der Waals surface area contributed by atoms with Crippen LogP contribution in [0.3, 0.4) is 0 Å². The zero-order chi connectivity index (χ0) is 16.1. The second-order valence-corrected chi connectivity index (χ2v) is 4.78. The smallest absolute Gasteiger partial charge is 0.330 e. The Morgan fingerprint density at radius 1 is 1.32 bits per heavy atom. The van der Waals surface area contributed by atoms with Crippen molar-refractivity contribution in [1.82, 2.24) is 5.32 Å². The SMILES string of the molecule is COC(=O)[C@H](CO)NC(=O)c1ccc(-c2ccccc2Cl)o1. The first-order valence-electron chi connectivity index (χ1n) is 6.41. The molecule has 22 heavy (non-hydrogen) atoms. The van der Waals surface area contributed by atoms with E-state index in [0.717, 1.165) is 0 Å².